The fourth-order valence-corrected chi connectivity index (χ4v) is 2.72. The molecule has 5 nitrogen and oxygen atoms in total. The number of hydrogen-bond acceptors (Lipinski definition) is 5. The highest BCUT2D eigenvalue weighted by molar-refractivity contribution is 6.51. The number of aryl methyl sites for hydroxylation is 2. The quantitative estimate of drug-likeness (QED) is 0.446. The fourth-order valence-electron chi connectivity index (χ4n) is 2.72. The fraction of sp³-hybridized carbons (Fsp3) is 0.182. The van der Waals surface area contributed by atoms with Crippen LogP contribution < -0.4 is 0 Å². The lowest BCUT2D eigenvalue weighted by Crippen LogP contribution is -2.14. The van der Waals surface area contributed by atoms with Gasteiger partial charge in [-0.1, -0.05) is 60.7 Å². The molecule has 27 heavy (non-hydrogen) atoms. The highest BCUT2D eigenvalue weighted by Gasteiger charge is 2.10. The van der Waals surface area contributed by atoms with E-state index in [1.54, 1.807) is 6.92 Å². The molecular formula is C22H22N4O. The van der Waals surface area contributed by atoms with Crippen LogP contribution in [0.25, 0.3) is 6.08 Å². The minimum atomic E-state index is 0.225. The molecular weight excluding hydrogens is 336 g/mol. The van der Waals surface area contributed by atoms with E-state index in [-0.39, 0.29) is 11.4 Å². The van der Waals surface area contributed by atoms with Gasteiger partial charge in [0.2, 0.25) is 11.8 Å². The van der Waals surface area contributed by atoms with E-state index < -0.39 is 0 Å². The summed E-state index contributed by atoms with van der Waals surface area (Å²) in [7, 11) is 0. The highest BCUT2D eigenvalue weighted by atomic mass is 16.4. The molecule has 0 bridgehead atoms. The lowest BCUT2D eigenvalue weighted by Gasteiger charge is -2.07. The topological polar surface area (TPSA) is 86.6 Å². The molecule has 3 aromatic rings. The SMILES string of the molecule is Cc1nnc(CCC/C=C/c2cccc(C(=N)C(=N)c3ccccc3)c2)o1. The van der Waals surface area contributed by atoms with Crippen molar-refractivity contribution < 1.29 is 4.42 Å². The monoisotopic (exact) mass is 358 g/mol. The third kappa shape index (κ3) is 5.07. The Morgan fingerprint density at radius 1 is 0.963 bits per heavy atom. The number of aromatic nitrogens is 2. The Morgan fingerprint density at radius 2 is 1.70 bits per heavy atom. The average Bonchev–Trinajstić information content (AvgIpc) is 3.12. The molecule has 0 unspecified atom stereocenters. The molecule has 0 aliphatic heterocycles. The Bertz CT molecular complexity index is 957. The van der Waals surface area contributed by atoms with Crippen LogP contribution in [-0.4, -0.2) is 21.6 Å². The van der Waals surface area contributed by atoms with Crippen molar-refractivity contribution in [3.05, 3.63) is 89.1 Å². The maximum absolute atomic E-state index is 8.34. The number of rotatable bonds is 8. The second kappa shape index (κ2) is 8.85. The summed E-state index contributed by atoms with van der Waals surface area (Å²) in [5.74, 6) is 1.27. The van der Waals surface area contributed by atoms with Gasteiger partial charge in [0.15, 0.2) is 0 Å². The molecule has 2 aromatic carbocycles. The van der Waals surface area contributed by atoms with E-state index in [1.165, 1.54) is 0 Å². The molecule has 0 aliphatic rings. The molecule has 0 atom stereocenters. The predicted molar refractivity (Wildman–Crippen MR) is 108 cm³/mol. The van der Waals surface area contributed by atoms with Gasteiger partial charge in [0.1, 0.15) is 0 Å². The zero-order valence-corrected chi connectivity index (χ0v) is 15.3. The van der Waals surface area contributed by atoms with Gasteiger partial charge in [-0.15, -0.1) is 10.2 Å². The number of benzene rings is 2. The second-order valence-corrected chi connectivity index (χ2v) is 6.25. The molecule has 0 saturated heterocycles. The summed E-state index contributed by atoms with van der Waals surface area (Å²) in [6.45, 7) is 1.79. The molecule has 0 aliphatic carbocycles. The summed E-state index contributed by atoms with van der Waals surface area (Å²) in [6, 6.07) is 17.1. The van der Waals surface area contributed by atoms with Crippen molar-refractivity contribution in [1.29, 1.82) is 10.8 Å². The summed E-state index contributed by atoms with van der Waals surface area (Å²) in [5.41, 5.74) is 2.97. The van der Waals surface area contributed by atoms with Gasteiger partial charge in [0, 0.05) is 24.5 Å². The smallest absolute Gasteiger partial charge is 0.216 e. The van der Waals surface area contributed by atoms with Crippen molar-refractivity contribution in [2.75, 3.05) is 0 Å². The summed E-state index contributed by atoms with van der Waals surface area (Å²) in [5, 5.41) is 24.4. The van der Waals surface area contributed by atoms with E-state index >= 15 is 0 Å². The van der Waals surface area contributed by atoms with Gasteiger partial charge < -0.3 is 4.42 Å². The molecule has 0 amide bonds. The Labute approximate surface area is 158 Å². The van der Waals surface area contributed by atoms with E-state index in [2.05, 4.69) is 16.3 Å². The second-order valence-electron chi connectivity index (χ2n) is 6.25. The maximum Gasteiger partial charge on any atom is 0.216 e. The van der Waals surface area contributed by atoms with Gasteiger partial charge >= 0.3 is 0 Å². The van der Waals surface area contributed by atoms with Crippen molar-refractivity contribution in [2.45, 2.75) is 26.2 Å². The Hall–Kier alpha value is -3.34. The number of hydrogen-bond donors (Lipinski definition) is 2. The van der Waals surface area contributed by atoms with Gasteiger partial charge in [-0.25, -0.2) is 0 Å². The van der Waals surface area contributed by atoms with Gasteiger partial charge in [-0.3, -0.25) is 10.8 Å². The molecule has 1 heterocycles. The van der Waals surface area contributed by atoms with Crippen LogP contribution in [0, 0.1) is 17.7 Å². The van der Waals surface area contributed by atoms with E-state index in [1.807, 2.05) is 60.7 Å². The summed E-state index contributed by atoms with van der Waals surface area (Å²) < 4.78 is 5.36. The zero-order chi connectivity index (χ0) is 19.1. The van der Waals surface area contributed by atoms with Crippen molar-refractivity contribution in [2.24, 2.45) is 0 Å². The van der Waals surface area contributed by atoms with E-state index in [0.717, 1.165) is 36.0 Å². The number of nitrogens with zero attached hydrogens (tertiary/aromatic N) is 2. The van der Waals surface area contributed by atoms with Crippen LogP contribution in [0.5, 0.6) is 0 Å². The average molecular weight is 358 g/mol. The first-order chi connectivity index (χ1) is 13.1. The lowest BCUT2D eigenvalue weighted by atomic mass is 9.98. The largest absolute Gasteiger partial charge is 0.426 e. The molecule has 5 heteroatoms. The first kappa shape index (κ1) is 18.5. The van der Waals surface area contributed by atoms with Gasteiger partial charge in [-0.05, 0) is 24.5 Å². The van der Waals surface area contributed by atoms with Gasteiger partial charge in [-0.2, -0.15) is 0 Å². The summed E-state index contributed by atoms with van der Waals surface area (Å²) in [6.07, 6.45) is 6.76. The van der Waals surface area contributed by atoms with Gasteiger partial charge in [0.25, 0.3) is 0 Å². The molecule has 136 valence electrons. The maximum atomic E-state index is 8.34. The van der Waals surface area contributed by atoms with E-state index in [0.29, 0.717) is 11.8 Å². The molecule has 0 radical (unpaired) electrons. The normalized spacial score (nSPS) is 11.0. The molecule has 0 spiro atoms. The Morgan fingerprint density at radius 3 is 2.44 bits per heavy atom. The third-order valence-electron chi connectivity index (χ3n) is 4.13. The highest BCUT2D eigenvalue weighted by Crippen LogP contribution is 2.12. The molecule has 0 fully saturated rings. The molecule has 0 saturated carbocycles. The third-order valence-corrected chi connectivity index (χ3v) is 4.13. The van der Waals surface area contributed by atoms with Crippen LogP contribution in [-0.2, 0) is 6.42 Å². The molecule has 3 rings (SSSR count). The summed E-state index contributed by atoms with van der Waals surface area (Å²) >= 11 is 0. The lowest BCUT2D eigenvalue weighted by molar-refractivity contribution is 0.462. The Kier molecular flexibility index (Phi) is 6.05. The molecule has 1 aromatic heterocycles. The molecule has 2 N–H and O–H groups in total. The minimum absolute atomic E-state index is 0.225. The number of nitrogens with one attached hydrogen (secondary N) is 2. The van der Waals surface area contributed by atoms with Crippen molar-refractivity contribution >= 4 is 17.5 Å². The van der Waals surface area contributed by atoms with Gasteiger partial charge in [0.05, 0.1) is 11.4 Å². The van der Waals surface area contributed by atoms with Crippen LogP contribution >= 0.6 is 0 Å². The van der Waals surface area contributed by atoms with Crippen molar-refractivity contribution in [1.82, 2.24) is 10.2 Å². The first-order valence-corrected chi connectivity index (χ1v) is 8.92. The zero-order valence-electron chi connectivity index (χ0n) is 15.3. The number of allylic oxidation sites excluding steroid dienone is 1. The van der Waals surface area contributed by atoms with Crippen LogP contribution in [0.4, 0.5) is 0 Å². The van der Waals surface area contributed by atoms with Crippen LogP contribution in [0.3, 0.4) is 0 Å². The minimum Gasteiger partial charge on any atom is -0.426 e. The van der Waals surface area contributed by atoms with Crippen LogP contribution in [0.15, 0.2) is 65.1 Å². The Balaban J connectivity index is 1.58. The van der Waals surface area contributed by atoms with Crippen LogP contribution in [0.2, 0.25) is 0 Å². The first-order valence-electron chi connectivity index (χ1n) is 8.92. The van der Waals surface area contributed by atoms with Crippen molar-refractivity contribution in [3.8, 4) is 0 Å². The summed E-state index contributed by atoms with van der Waals surface area (Å²) in [4.78, 5) is 0. The van der Waals surface area contributed by atoms with E-state index in [4.69, 9.17) is 15.2 Å². The number of unbranched alkanes of at least 4 members (excludes halogenated alkanes) is 1. The standard InChI is InChI=1S/C22H22N4O/c1-16-25-26-20(27-16)14-7-2-4-9-17-10-8-13-19(15-17)22(24)21(23)18-11-5-3-6-12-18/h3-6,8-13,15,23-24H,2,7,14H2,1H3/b9-4+,23-21?,24-22?. The van der Waals surface area contributed by atoms with E-state index in [9.17, 15) is 0 Å². The van der Waals surface area contributed by atoms with Crippen molar-refractivity contribution in [3.63, 3.8) is 0 Å². The predicted octanol–water partition coefficient (Wildman–Crippen LogP) is 4.85. The van der Waals surface area contributed by atoms with Crippen LogP contribution in [0.1, 0.15) is 41.3 Å².